The van der Waals surface area contributed by atoms with Gasteiger partial charge in [0, 0.05) is 32.0 Å². The summed E-state index contributed by atoms with van der Waals surface area (Å²) in [7, 11) is 0. The molecule has 4 heterocycles. The third-order valence-corrected chi connectivity index (χ3v) is 6.19. The Morgan fingerprint density at radius 3 is 2.74 bits per heavy atom. The Morgan fingerprint density at radius 2 is 2.00 bits per heavy atom. The molecule has 4 rings (SSSR count). The normalized spacial score (nSPS) is 14.5. The van der Waals surface area contributed by atoms with Crippen LogP contribution in [0.3, 0.4) is 0 Å². The van der Waals surface area contributed by atoms with Crippen LogP contribution in [0.1, 0.15) is 34.5 Å². The van der Waals surface area contributed by atoms with Crippen LogP contribution in [0.4, 0.5) is 5.82 Å². The van der Waals surface area contributed by atoms with E-state index in [1.165, 1.54) is 42.4 Å². The summed E-state index contributed by atoms with van der Waals surface area (Å²) < 4.78 is 0. The molecular formula is C19H21N5OS2. The van der Waals surface area contributed by atoms with Crippen LogP contribution in [-0.2, 0) is 6.54 Å². The van der Waals surface area contributed by atoms with E-state index in [1.807, 2.05) is 24.5 Å². The minimum absolute atomic E-state index is 0.0786. The molecule has 0 unspecified atom stereocenters. The number of carbonyl (C=O) groups excluding carboxylic acids is 1. The van der Waals surface area contributed by atoms with Gasteiger partial charge in [-0.05, 0) is 49.3 Å². The Hall–Kier alpha value is -2.19. The summed E-state index contributed by atoms with van der Waals surface area (Å²) in [6.45, 7) is 2.51. The minimum atomic E-state index is -0.0786. The van der Waals surface area contributed by atoms with Crippen LogP contribution in [0.5, 0.6) is 0 Å². The first-order valence-corrected chi connectivity index (χ1v) is 11.1. The first kappa shape index (κ1) is 18.2. The summed E-state index contributed by atoms with van der Waals surface area (Å²) in [5.41, 5.74) is 1.03. The van der Waals surface area contributed by atoms with E-state index < -0.39 is 0 Å². The zero-order valence-electron chi connectivity index (χ0n) is 15.1. The number of thiophene rings is 1. The van der Waals surface area contributed by atoms with E-state index in [1.54, 1.807) is 12.4 Å². The Morgan fingerprint density at radius 1 is 1.22 bits per heavy atom. The lowest BCUT2D eigenvalue weighted by Crippen LogP contribution is -2.30. The monoisotopic (exact) mass is 399 g/mol. The Labute approximate surface area is 166 Å². The fraction of sp³-hybridized carbons (Fsp3) is 0.368. The fourth-order valence-corrected chi connectivity index (χ4v) is 4.57. The average Bonchev–Trinajstić information content (AvgIpc) is 3.17. The first-order chi connectivity index (χ1) is 13.2. The van der Waals surface area contributed by atoms with Crippen LogP contribution < -0.4 is 10.2 Å². The maximum atomic E-state index is 12.6. The van der Waals surface area contributed by atoms with E-state index in [0.717, 1.165) is 39.8 Å². The van der Waals surface area contributed by atoms with Crippen molar-refractivity contribution in [3.63, 3.8) is 0 Å². The zero-order valence-corrected chi connectivity index (χ0v) is 16.8. The van der Waals surface area contributed by atoms with Crippen molar-refractivity contribution in [1.29, 1.82) is 0 Å². The molecule has 3 aromatic heterocycles. The largest absolute Gasteiger partial charge is 0.356 e. The van der Waals surface area contributed by atoms with Crippen LogP contribution in [0.2, 0.25) is 0 Å². The van der Waals surface area contributed by atoms with E-state index in [4.69, 9.17) is 4.98 Å². The number of fused-ring (bicyclic) bond motifs is 1. The molecule has 1 saturated heterocycles. The highest BCUT2D eigenvalue weighted by molar-refractivity contribution is 7.98. The van der Waals surface area contributed by atoms with E-state index >= 15 is 0 Å². The maximum absolute atomic E-state index is 12.6. The number of nitrogens with zero attached hydrogens (tertiary/aromatic N) is 4. The van der Waals surface area contributed by atoms with Crippen LogP contribution in [0, 0.1) is 0 Å². The molecule has 0 atom stereocenters. The molecule has 1 aliphatic heterocycles. The summed E-state index contributed by atoms with van der Waals surface area (Å²) in [5.74, 6) is 0.888. The summed E-state index contributed by atoms with van der Waals surface area (Å²) in [6, 6.07) is 5.74. The number of hydrogen-bond acceptors (Lipinski definition) is 7. The molecule has 27 heavy (non-hydrogen) atoms. The number of carbonyl (C=O) groups is 1. The number of aromatic nitrogens is 3. The number of nitrogens with one attached hydrogen (secondary N) is 1. The number of amides is 1. The molecule has 140 valence electrons. The van der Waals surface area contributed by atoms with Crippen molar-refractivity contribution in [1.82, 2.24) is 20.3 Å². The standard InChI is InChI=1S/C19H21N5OS2/c1-26-19-22-16(24-9-3-2-4-10-24)14-11-15(27-18(14)23-19)17(25)21-12-13-5-7-20-8-6-13/h5-8,11H,2-4,9-10,12H2,1H3,(H,21,25). The van der Waals surface area contributed by atoms with E-state index in [-0.39, 0.29) is 5.91 Å². The van der Waals surface area contributed by atoms with Crippen molar-refractivity contribution < 1.29 is 4.79 Å². The van der Waals surface area contributed by atoms with Gasteiger partial charge >= 0.3 is 0 Å². The lowest BCUT2D eigenvalue weighted by atomic mass is 10.1. The van der Waals surface area contributed by atoms with Crippen molar-refractivity contribution in [2.75, 3.05) is 24.2 Å². The summed E-state index contributed by atoms with van der Waals surface area (Å²) in [6.07, 6.45) is 9.08. The van der Waals surface area contributed by atoms with Gasteiger partial charge in [0.1, 0.15) is 10.6 Å². The van der Waals surface area contributed by atoms with Crippen molar-refractivity contribution in [2.24, 2.45) is 0 Å². The number of piperidine rings is 1. The van der Waals surface area contributed by atoms with Crippen LogP contribution >= 0.6 is 23.1 Å². The fourth-order valence-electron chi connectivity index (χ4n) is 3.21. The molecule has 0 spiro atoms. The number of rotatable bonds is 5. The lowest BCUT2D eigenvalue weighted by Gasteiger charge is -2.28. The molecule has 1 amide bonds. The Kier molecular flexibility index (Phi) is 5.54. The van der Waals surface area contributed by atoms with E-state index in [9.17, 15) is 4.79 Å². The smallest absolute Gasteiger partial charge is 0.261 e. The van der Waals surface area contributed by atoms with E-state index in [0.29, 0.717) is 11.4 Å². The topological polar surface area (TPSA) is 71.0 Å². The highest BCUT2D eigenvalue weighted by Crippen LogP contribution is 2.33. The maximum Gasteiger partial charge on any atom is 0.261 e. The van der Waals surface area contributed by atoms with Gasteiger partial charge < -0.3 is 10.2 Å². The van der Waals surface area contributed by atoms with Gasteiger partial charge in [-0.3, -0.25) is 9.78 Å². The molecule has 1 N–H and O–H groups in total. The van der Waals surface area contributed by atoms with Crippen molar-refractivity contribution in [3.8, 4) is 0 Å². The molecule has 0 aromatic carbocycles. The molecule has 1 aliphatic rings. The van der Waals surface area contributed by atoms with Gasteiger partial charge in [-0.15, -0.1) is 11.3 Å². The first-order valence-electron chi connectivity index (χ1n) is 9.02. The molecular weight excluding hydrogens is 378 g/mol. The Bertz CT molecular complexity index is 938. The minimum Gasteiger partial charge on any atom is -0.356 e. The summed E-state index contributed by atoms with van der Waals surface area (Å²) >= 11 is 2.97. The average molecular weight is 400 g/mol. The molecule has 3 aromatic rings. The number of hydrogen-bond donors (Lipinski definition) is 1. The second-order valence-electron chi connectivity index (χ2n) is 6.45. The van der Waals surface area contributed by atoms with Crippen molar-refractivity contribution in [3.05, 3.63) is 41.0 Å². The molecule has 6 nitrogen and oxygen atoms in total. The van der Waals surface area contributed by atoms with Crippen LogP contribution in [0.15, 0.2) is 35.7 Å². The number of thioether (sulfide) groups is 1. The van der Waals surface area contributed by atoms with E-state index in [2.05, 4.69) is 20.2 Å². The number of anilines is 1. The van der Waals surface area contributed by atoms with Gasteiger partial charge in [0.05, 0.1) is 10.3 Å². The van der Waals surface area contributed by atoms with Crippen LogP contribution in [0.25, 0.3) is 10.2 Å². The van der Waals surface area contributed by atoms with Crippen molar-refractivity contribution >= 4 is 45.0 Å². The highest BCUT2D eigenvalue weighted by Gasteiger charge is 2.20. The third-order valence-electron chi connectivity index (χ3n) is 4.62. The molecule has 0 bridgehead atoms. The molecule has 0 aliphatic carbocycles. The molecule has 1 fully saturated rings. The van der Waals surface area contributed by atoms with Gasteiger partial charge in [0.25, 0.3) is 5.91 Å². The van der Waals surface area contributed by atoms with Crippen LogP contribution in [-0.4, -0.2) is 40.2 Å². The predicted molar refractivity (Wildman–Crippen MR) is 111 cm³/mol. The highest BCUT2D eigenvalue weighted by atomic mass is 32.2. The van der Waals surface area contributed by atoms with Gasteiger partial charge in [0.2, 0.25) is 0 Å². The van der Waals surface area contributed by atoms with Gasteiger partial charge in [-0.1, -0.05) is 11.8 Å². The summed E-state index contributed by atoms with van der Waals surface area (Å²) in [4.78, 5) is 29.9. The molecule has 0 saturated carbocycles. The van der Waals surface area contributed by atoms with Crippen molar-refractivity contribution in [2.45, 2.75) is 31.0 Å². The van der Waals surface area contributed by atoms with Gasteiger partial charge in [-0.2, -0.15) is 0 Å². The second kappa shape index (κ2) is 8.22. The summed E-state index contributed by atoms with van der Waals surface area (Å²) in [5, 5.41) is 4.72. The number of pyridine rings is 1. The second-order valence-corrected chi connectivity index (χ2v) is 8.25. The quantitative estimate of drug-likeness (QED) is 0.521. The molecule has 8 heteroatoms. The predicted octanol–water partition coefficient (Wildman–Crippen LogP) is 3.73. The zero-order chi connectivity index (χ0) is 18.6. The van der Waals surface area contributed by atoms with Gasteiger partial charge in [0.15, 0.2) is 5.16 Å². The third kappa shape index (κ3) is 4.06. The van der Waals surface area contributed by atoms with Gasteiger partial charge in [-0.25, -0.2) is 9.97 Å². The molecule has 0 radical (unpaired) electrons. The Balaban J connectivity index is 1.61. The SMILES string of the molecule is CSc1nc(N2CCCCC2)c2cc(C(=O)NCc3ccncc3)sc2n1. The lowest BCUT2D eigenvalue weighted by molar-refractivity contribution is 0.0955.